The van der Waals surface area contributed by atoms with Crippen molar-refractivity contribution >= 4 is 16.9 Å². The van der Waals surface area contributed by atoms with E-state index in [9.17, 15) is 4.79 Å². The van der Waals surface area contributed by atoms with Gasteiger partial charge in [-0.15, -0.1) is 0 Å². The number of hydrogen-bond acceptors (Lipinski definition) is 5. The van der Waals surface area contributed by atoms with Crippen molar-refractivity contribution in [3.8, 4) is 0 Å². The van der Waals surface area contributed by atoms with Gasteiger partial charge in [-0.3, -0.25) is 4.79 Å². The number of amides is 1. The van der Waals surface area contributed by atoms with Gasteiger partial charge in [-0.05, 0) is 39.0 Å². The van der Waals surface area contributed by atoms with E-state index < -0.39 is 0 Å². The molecule has 7 heteroatoms. The van der Waals surface area contributed by atoms with Crippen molar-refractivity contribution in [2.24, 2.45) is 0 Å². The van der Waals surface area contributed by atoms with Gasteiger partial charge < -0.3 is 14.1 Å². The highest BCUT2D eigenvalue weighted by atomic mass is 16.5. The topological polar surface area (TPSA) is 73.4 Å². The zero-order valence-corrected chi connectivity index (χ0v) is 15.6. The first-order chi connectivity index (χ1) is 12.5. The van der Waals surface area contributed by atoms with Crippen molar-refractivity contribution in [2.75, 3.05) is 20.3 Å². The van der Waals surface area contributed by atoms with E-state index in [0.29, 0.717) is 25.3 Å². The van der Waals surface area contributed by atoms with Crippen LogP contribution in [0.1, 0.15) is 41.7 Å². The van der Waals surface area contributed by atoms with Gasteiger partial charge >= 0.3 is 0 Å². The molecular formula is C19H24N4O3. The smallest absolute Gasteiger partial charge is 0.255 e. The average molecular weight is 356 g/mol. The lowest BCUT2D eigenvalue weighted by molar-refractivity contribution is 0.0668. The minimum Gasteiger partial charge on any atom is -0.467 e. The third-order valence-corrected chi connectivity index (χ3v) is 4.19. The Labute approximate surface area is 152 Å². The number of fused-ring (bicyclic) bond motifs is 1. The van der Waals surface area contributed by atoms with Crippen LogP contribution in [0.15, 0.2) is 35.1 Å². The normalized spacial score (nSPS) is 11.4. The minimum absolute atomic E-state index is 0.0859. The van der Waals surface area contributed by atoms with Crippen LogP contribution in [0.3, 0.4) is 0 Å². The maximum Gasteiger partial charge on any atom is 0.255 e. The van der Waals surface area contributed by atoms with Crippen LogP contribution in [0.4, 0.5) is 0 Å². The minimum atomic E-state index is -0.0859. The van der Waals surface area contributed by atoms with Crippen LogP contribution in [-0.4, -0.2) is 45.8 Å². The van der Waals surface area contributed by atoms with Crippen LogP contribution in [0.5, 0.6) is 0 Å². The highest BCUT2D eigenvalue weighted by Gasteiger charge is 2.22. The average Bonchev–Trinajstić information content (AvgIpc) is 3.26. The molecule has 0 unspecified atom stereocenters. The molecule has 3 rings (SSSR count). The number of carbonyl (C=O) groups is 1. The Hall–Kier alpha value is -2.67. The monoisotopic (exact) mass is 356 g/mol. The number of aromatic nitrogens is 3. The third kappa shape index (κ3) is 3.62. The number of nitrogens with zero attached hydrogens (tertiary/aromatic N) is 4. The van der Waals surface area contributed by atoms with Gasteiger partial charge in [-0.2, -0.15) is 5.10 Å². The van der Waals surface area contributed by atoms with E-state index >= 15 is 0 Å². The highest BCUT2D eigenvalue weighted by molar-refractivity contribution is 6.05. The van der Waals surface area contributed by atoms with Crippen LogP contribution < -0.4 is 0 Å². The molecule has 0 bridgehead atoms. The number of hydrogen-bond donors (Lipinski definition) is 0. The summed E-state index contributed by atoms with van der Waals surface area (Å²) >= 11 is 0. The third-order valence-electron chi connectivity index (χ3n) is 4.19. The predicted molar refractivity (Wildman–Crippen MR) is 98.0 cm³/mol. The van der Waals surface area contributed by atoms with Gasteiger partial charge in [0.1, 0.15) is 5.76 Å². The maximum absolute atomic E-state index is 13.3. The Morgan fingerprint density at radius 1 is 1.42 bits per heavy atom. The van der Waals surface area contributed by atoms with Crippen molar-refractivity contribution in [2.45, 2.75) is 33.4 Å². The van der Waals surface area contributed by atoms with Gasteiger partial charge in [0.25, 0.3) is 5.91 Å². The molecule has 3 aromatic rings. The number of pyridine rings is 1. The zero-order chi connectivity index (χ0) is 18.7. The second-order valence-corrected chi connectivity index (χ2v) is 6.53. The standard InChI is InChI=1S/C19H24N4O3/c1-13(2)23-18-17(11-20-23)16(10-14(3)21-18)19(24)22(7-9-25-4)12-15-6-5-8-26-15/h5-6,8,10-11,13H,7,9,12H2,1-4H3. The summed E-state index contributed by atoms with van der Waals surface area (Å²) in [7, 11) is 1.62. The fraction of sp³-hybridized carbons (Fsp3) is 0.421. The summed E-state index contributed by atoms with van der Waals surface area (Å²) in [5.41, 5.74) is 2.11. The van der Waals surface area contributed by atoms with Gasteiger partial charge in [-0.1, -0.05) is 0 Å². The molecule has 0 radical (unpaired) electrons. The molecule has 0 saturated carbocycles. The van der Waals surface area contributed by atoms with Gasteiger partial charge in [0.2, 0.25) is 0 Å². The molecule has 3 heterocycles. The molecule has 1 amide bonds. The summed E-state index contributed by atoms with van der Waals surface area (Å²) < 4.78 is 12.4. The molecular weight excluding hydrogens is 332 g/mol. The molecule has 0 aliphatic heterocycles. The SMILES string of the molecule is COCCN(Cc1ccco1)C(=O)c1cc(C)nc2c1cnn2C(C)C. The van der Waals surface area contributed by atoms with Crippen molar-refractivity contribution in [1.82, 2.24) is 19.7 Å². The molecule has 138 valence electrons. The molecule has 0 fully saturated rings. The van der Waals surface area contributed by atoms with Crippen LogP contribution in [0, 0.1) is 6.92 Å². The summed E-state index contributed by atoms with van der Waals surface area (Å²) in [6, 6.07) is 5.66. The van der Waals surface area contributed by atoms with Crippen LogP contribution in [-0.2, 0) is 11.3 Å². The summed E-state index contributed by atoms with van der Waals surface area (Å²) in [5.74, 6) is 0.645. The number of aryl methyl sites for hydroxylation is 1. The Kier molecular flexibility index (Phi) is 5.37. The Morgan fingerprint density at radius 2 is 2.23 bits per heavy atom. The molecule has 26 heavy (non-hydrogen) atoms. The largest absolute Gasteiger partial charge is 0.467 e. The molecule has 3 aromatic heterocycles. The van der Waals surface area contributed by atoms with Crippen molar-refractivity contribution < 1.29 is 13.9 Å². The fourth-order valence-electron chi connectivity index (χ4n) is 2.91. The summed E-state index contributed by atoms with van der Waals surface area (Å²) in [4.78, 5) is 19.6. The number of rotatable bonds is 7. The first-order valence-electron chi connectivity index (χ1n) is 8.66. The number of ether oxygens (including phenoxy) is 1. The van der Waals surface area contributed by atoms with Crippen molar-refractivity contribution in [3.05, 3.63) is 47.7 Å². The molecule has 0 atom stereocenters. The van der Waals surface area contributed by atoms with E-state index in [1.165, 1.54) is 0 Å². The second kappa shape index (κ2) is 7.70. The Bertz CT molecular complexity index is 884. The first kappa shape index (κ1) is 18.1. The lowest BCUT2D eigenvalue weighted by Gasteiger charge is -2.22. The van der Waals surface area contributed by atoms with Crippen molar-refractivity contribution in [3.63, 3.8) is 0 Å². The van der Waals surface area contributed by atoms with E-state index in [4.69, 9.17) is 9.15 Å². The summed E-state index contributed by atoms with van der Waals surface area (Å²) in [6.45, 7) is 7.28. The lowest BCUT2D eigenvalue weighted by atomic mass is 10.1. The van der Waals surface area contributed by atoms with Gasteiger partial charge in [-0.25, -0.2) is 9.67 Å². The number of methoxy groups -OCH3 is 1. The van der Waals surface area contributed by atoms with Gasteiger partial charge in [0, 0.05) is 25.4 Å². The van der Waals surface area contributed by atoms with Crippen LogP contribution in [0.25, 0.3) is 11.0 Å². The van der Waals surface area contributed by atoms with Crippen molar-refractivity contribution in [1.29, 1.82) is 0 Å². The second-order valence-electron chi connectivity index (χ2n) is 6.53. The Balaban J connectivity index is 2.00. The summed E-state index contributed by atoms with van der Waals surface area (Å²) in [5, 5.41) is 5.18. The maximum atomic E-state index is 13.3. The molecule has 7 nitrogen and oxygen atoms in total. The van der Waals surface area contributed by atoms with Crippen LogP contribution in [0.2, 0.25) is 0 Å². The van der Waals surface area contributed by atoms with Crippen LogP contribution >= 0.6 is 0 Å². The molecule has 0 saturated heterocycles. The molecule has 0 aromatic carbocycles. The summed E-state index contributed by atoms with van der Waals surface area (Å²) in [6.07, 6.45) is 3.33. The van der Waals surface area contributed by atoms with E-state index in [1.54, 1.807) is 24.5 Å². The fourth-order valence-corrected chi connectivity index (χ4v) is 2.91. The van der Waals surface area contributed by atoms with Gasteiger partial charge in [0.15, 0.2) is 5.65 Å². The number of furan rings is 1. The van der Waals surface area contributed by atoms with E-state index in [0.717, 1.165) is 22.5 Å². The van der Waals surface area contributed by atoms with E-state index in [-0.39, 0.29) is 11.9 Å². The van der Waals surface area contributed by atoms with E-state index in [2.05, 4.69) is 10.1 Å². The van der Waals surface area contributed by atoms with Gasteiger partial charge in [0.05, 0.1) is 36.6 Å². The zero-order valence-electron chi connectivity index (χ0n) is 15.6. The highest BCUT2D eigenvalue weighted by Crippen LogP contribution is 2.23. The Morgan fingerprint density at radius 3 is 2.88 bits per heavy atom. The molecule has 0 spiro atoms. The predicted octanol–water partition coefficient (Wildman–Crippen LogP) is 3.20. The molecule has 0 N–H and O–H groups in total. The first-order valence-corrected chi connectivity index (χ1v) is 8.66. The van der Waals surface area contributed by atoms with E-state index in [1.807, 2.05) is 43.7 Å². The molecule has 0 aliphatic carbocycles. The molecule has 0 aliphatic rings. The number of carbonyl (C=O) groups excluding carboxylic acids is 1. The lowest BCUT2D eigenvalue weighted by Crippen LogP contribution is -2.33. The quantitative estimate of drug-likeness (QED) is 0.650.